The van der Waals surface area contributed by atoms with E-state index in [9.17, 15) is 31.1 Å². The van der Waals surface area contributed by atoms with Crippen LogP contribution >= 0.6 is 0 Å². The van der Waals surface area contributed by atoms with Gasteiger partial charge in [-0.3, -0.25) is 0 Å². The summed E-state index contributed by atoms with van der Waals surface area (Å²) in [6.45, 7) is 0. The third kappa shape index (κ3) is 3.89. The molecule has 5 nitrogen and oxygen atoms in total. The van der Waals surface area contributed by atoms with Crippen LogP contribution < -0.4 is 9.47 Å². The first-order chi connectivity index (χ1) is 9.51. The fourth-order valence-electron chi connectivity index (χ4n) is 1.39. The largest absolute Gasteiger partial charge is 0.574 e. The maximum Gasteiger partial charge on any atom is 0.574 e. The SMILES string of the molecule is COC(=O)c1cnc(OC(F)(F)F)c(OC)c1C(F)(F)F. The second-order valence-corrected chi connectivity index (χ2v) is 3.42. The Bertz CT molecular complexity index is 540. The number of hydrogen-bond acceptors (Lipinski definition) is 5. The first-order valence-corrected chi connectivity index (χ1v) is 4.99. The molecule has 0 radical (unpaired) electrons. The van der Waals surface area contributed by atoms with Gasteiger partial charge in [0.1, 0.15) is 5.56 Å². The molecule has 1 aromatic heterocycles. The number of methoxy groups -OCH3 is 2. The van der Waals surface area contributed by atoms with E-state index in [1.807, 2.05) is 0 Å². The fraction of sp³-hybridized carbons (Fsp3) is 0.400. The second kappa shape index (κ2) is 5.66. The van der Waals surface area contributed by atoms with E-state index in [1.54, 1.807) is 0 Å². The zero-order valence-corrected chi connectivity index (χ0v) is 10.4. The van der Waals surface area contributed by atoms with E-state index in [0.29, 0.717) is 7.11 Å². The molecule has 0 saturated heterocycles. The Labute approximate surface area is 113 Å². The first kappa shape index (κ1) is 16.9. The van der Waals surface area contributed by atoms with E-state index in [1.165, 1.54) is 0 Å². The highest BCUT2D eigenvalue weighted by molar-refractivity contribution is 5.92. The van der Waals surface area contributed by atoms with E-state index in [2.05, 4.69) is 19.2 Å². The molecule has 0 saturated carbocycles. The summed E-state index contributed by atoms with van der Waals surface area (Å²) in [4.78, 5) is 14.3. The van der Waals surface area contributed by atoms with Crippen LogP contribution in [-0.2, 0) is 10.9 Å². The lowest BCUT2D eigenvalue weighted by Gasteiger charge is -2.18. The van der Waals surface area contributed by atoms with Gasteiger partial charge in [-0.15, -0.1) is 13.2 Å². The maximum atomic E-state index is 13.0. The van der Waals surface area contributed by atoms with Crippen molar-refractivity contribution >= 4 is 5.97 Å². The van der Waals surface area contributed by atoms with Crippen LogP contribution in [0.3, 0.4) is 0 Å². The molecule has 0 atom stereocenters. The van der Waals surface area contributed by atoms with Crippen molar-refractivity contribution in [3.05, 3.63) is 17.3 Å². The minimum Gasteiger partial charge on any atom is -0.491 e. The summed E-state index contributed by atoms with van der Waals surface area (Å²) in [6, 6.07) is 0. The van der Waals surface area contributed by atoms with Crippen molar-refractivity contribution in [3.63, 3.8) is 0 Å². The highest BCUT2D eigenvalue weighted by Crippen LogP contribution is 2.43. The van der Waals surface area contributed by atoms with Gasteiger partial charge in [-0.2, -0.15) is 13.2 Å². The number of halogens is 6. The van der Waals surface area contributed by atoms with E-state index >= 15 is 0 Å². The molecule has 11 heteroatoms. The number of aromatic nitrogens is 1. The standard InChI is InChI=1S/C10H7F6NO4/c1-19-6-5(9(11,12)13)4(8(18)20-2)3-17-7(6)21-10(14,15)16/h3H,1-2H3. The van der Waals surface area contributed by atoms with E-state index in [0.717, 1.165) is 7.11 Å². The smallest absolute Gasteiger partial charge is 0.491 e. The topological polar surface area (TPSA) is 57.7 Å². The number of alkyl halides is 6. The monoisotopic (exact) mass is 319 g/mol. The quantitative estimate of drug-likeness (QED) is 0.633. The number of pyridine rings is 1. The van der Waals surface area contributed by atoms with Crippen LogP contribution in [0.2, 0.25) is 0 Å². The van der Waals surface area contributed by atoms with Crippen molar-refractivity contribution < 1.29 is 45.3 Å². The van der Waals surface area contributed by atoms with Crippen molar-refractivity contribution in [3.8, 4) is 11.6 Å². The van der Waals surface area contributed by atoms with Crippen LogP contribution in [0.1, 0.15) is 15.9 Å². The molecule has 0 bridgehead atoms. The molecule has 0 amide bonds. The average Bonchev–Trinajstić information content (AvgIpc) is 2.34. The first-order valence-electron chi connectivity index (χ1n) is 4.99. The van der Waals surface area contributed by atoms with Crippen LogP contribution in [0, 0.1) is 0 Å². The number of hydrogen-bond donors (Lipinski definition) is 0. The molecule has 1 rings (SSSR count). The number of rotatable bonds is 3. The molecule has 0 fully saturated rings. The fourth-order valence-corrected chi connectivity index (χ4v) is 1.39. The summed E-state index contributed by atoms with van der Waals surface area (Å²) in [5, 5.41) is 0. The lowest BCUT2D eigenvalue weighted by Crippen LogP contribution is -2.22. The van der Waals surface area contributed by atoms with Gasteiger partial charge in [0.25, 0.3) is 5.88 Å². The van der Waals surface area contributed by atoms with Crippen LogP contribution in [-0.4, -0.2) is 31.5 Å². The number of carbonyl (C=O) groups is 1. The normalized spacial score (nSPS) is 12.0. The van der Waals surface area contributed by atoms with Crippen molar-refractivity contribution in [2.45, 2.75) is 12.5 Å². The van der Waals surface area contributed by atoms with Crippen molar-refractivity contribution in [2.75, 3.05) is 14.2 Å². The Morgan fingerprint density at radius 3 is 2.10 bits per heavy atom. The number of esters is 1. The maximum absolute atomic E-state index is 13.0. The summed E-state index contributed by atoms with van der Waals surface area (Å²) >= 11 is 0. The molecule has 0 aromatic carbocycles. The number of ether oxygens (including phenoxy) is 3. The molecule has 118 valence electrons. The highest BCUT2D eigenvalue weighted by Gasteiger charge is 2.43. The van der Waals surface area contributed by atoms with Gasteiger partial charge in [0.2, 0.25) is 0 Å². The molecule has 0 aliphatic rings. The van der Waals surface area contributed by atoms with Crippen molar-refractivity contribution in [2.24, 2.45) is 0 Å². The van der Waals surface area contributed by atoms with Gasteiger partial charge >= 0.3 is 18.5 Å². The molecule has 0 aliphatic carbocycles. The molecule has 0 aliphatic heterocycles. The predicted octanol–water partition coefficient (Wildman–Crippen LogP) is 2.79. The molecule has 1 heterocycles. The lowest BCUT2D eigenvalue weighted by atomic mass is 10.1. The van der Waals surface area contributed by atoms with Gasteiger partial charge in [-0.25, -0.2) is 9.78 Å². The molecule has 0 unspecified atom stereocenters. The van der Waals surface area contributed by atoms with Gasteiger partial charge in [-0.1, -0.05) is 0 Å². The predicted molar refractivity (Wildman–Crippen MR) is 53.8 cm³/mol. The van der Waals surface area contributed by atoms with Gasteiger partial charge in [0.05, 0.1) is 19.8 Å². The third-order valence-corrected chi connectivity index (χ3v) is 2.11. The van der Waals surface area contributed by atoms with Crippen molar-refractivity contribution in [1.29, 1.82) is 0 Å². The summed E-state index contributed by atoms with van der Waals surface area (Å²) < 4.78 is 86.9. The second-order valence-electron chi connectivity index (χ2n) is 3.42. The molecular weight excluding hydrogens is 312 g/mol. The van der Waals surface area contributed by atoms with Crippen LogP contribution in [0.25, 0.3) is 0 Å². The number of nitrogens with zero attached hydrogens (tertiary/aromatic N) is 1. The Kier molecular flexibility index (Phi) is 4.54. The summed E-state index contributed by atoms with van der Waals surface area (Å²) in [5.74, 6) is -4.28. The molecule has 21 heavy (non-hydrogen) atoms. The van der Waals surface area contributed by atoms with Crippen molar-refractivity contribution in [1.82, 2.24) is 4.98 Å². The summed E-state index contributed by atoms with van der Waals surface area (Å²) in [6.07, 6.45) is -10.2. The third-order valence-electron chi connectivity index (χ3n) is 2.11. The van der Waals surface area contributed by atoms with E-state index < -0.39 is 41.3 Å². The van der Waals surface area contributed by atoms with Gasteiger partial charge in [0.15, 0.2) is 5.75 Å². The Hall–Kier alpha value is -2.20. The minimum atomic E-state index is -5.28. The molecule has 1 aromatic rings. The molecule has 0 N–H and O–H groups in total. The Balaban J connectivity index is 3.58. The van der Waals surface area contributed by atoms with E-state index in [-0.39, 0.29) is 6.20 Å². The van der Waals surface area contributed by atoms with Crippen LogP contribution in [0.15, 0.2) is 6.20 Å². The zero-order valence-electron chi connectivity index (χ0n) is 10.4. The van der Waals surface area contributed by atoms with Gasteiger partial charge in [-0.05, 0) is 0 Å². The van der Waals surface area contributed by atoms with Crippen LogP contribution in [0.5, 0.6) is 11.6 Å². The average molecular weight is 319 g/mol. The minimum absolute atomic E-state index is 0.262. The Morgan fingerprint density at radius 1 is 1.14 bits per heavy atom. The molecular formula is C10H7F6NO4. The Morgan fingerprint density at radius 2 is 1.71 bits per heavy atom. The summed E-state index contributed by atoms with van der Waals surface area (Å²) in [7, 11) is 1.48. The lowest BCUT2D eigenvalue weighted by molar-refractivity contribution is -0.276. The highest BCUT2D eigenvalue weighted by atomic mass is 19.4. The van der Waals surface area contributed by atoms with Gasteiger partial charge in [0, 0.05) is 6.20 Å². The van der Waals surface area contributed by atoms with Gasteiger partial charge < -0.3 is 14.2 Å². The number of carbonyl (C=O) groups excluding carboxylic acids is 1. The van der Waals surface area contributed by atoms with E-state index in [4.69, 9.17) is 0 Å². The zero-order chi connectivity index (χ0) is 16.4. The summed E-state index contributed by atoms with van der Waals surface area (Å²) in [5.41, 5.74) is -2.87. The van der Waals surface area contributed by atoms with Crippen LogP contribution in [0.4, 0.5) is 26.3 Å². The molecule has 0 spiro atoms.